The molecule has 1 aliphatic heterocycles. The van der Waals surface area contributed by atoms with Crippen LogP contribution in [0, 0.1) is 5.82 Å². The number of benzene rings is 2. The summed E-state index contributed by atoms with van der Waals surface area (Å²) in [6, 6.07) is 11.0. The van der Waals surface area contributed by atoms with Gasteiger partial charge in [0.15, 0.2) is 5.54 Å². The van der Waals surface area contributed by atoms with Crippen LogP contribution in [0.15, 0.2) is 42.5 Å². The van der Waals surface area contributed by atoms with Crippen molar-refractivity contribution in [1.29, 1.82) is 0 Å². The first-order valence-corrected chi connectivity index (χ1v) is 6.16. The highest BCUT2D eigenvalue weighted by Gasteiger charge is 2.54. The van der Waals surface area contributed by atoms with Crippen LogP contribution >= 0.6 is 0 Å². The molecule has 1 atom stereocenters. The molecule has 20 heavy (non-hydrogen) atoms. The van der Waals surface area contributed by atoms with Gasteiger partial charge in [-0.3, -0.25) is 10.1 Å². The minimum Gasteiger partial charge on any atom is -0.316 e. The molecule has 2 aliphatic rings. The number of fused-ring (bicyclic) bond motifs is 5. The largest absolute Gasteiger partial charge is 0.322 e. The topological polar surface area (TPSA) is 58.2 Å². The van der Waals surface area contributed by atoms with Gasteiger partial charge in [0.1, 0.15) is 5.82 Å². The van der Waals surface area contributed by atoms with E-state index < -0.39 is 23.3 Å². The molecule has 0 radical (unpaired) electrons. The summed E-state index contributed by atoms with van der Waals surface area (Å²) in [5.41, 5.74) is 1.43. The fourth-order valence-corrected chi connectivity index (χ4v) is 3.09. The molecule has 1 aliphatic carbocycles. The molecule has 2 N–H and O–H groups in total. The lowest BCUT2D eigenvalue weighted by Gasteiger charge is -2.22. The third-order valence-corrected chi connectivity index (χ3v) is 3.88. The Hall–Kier alpha value is -2.69. The van der Waals surface area contributed by atoms with Crippen molar-refractivity contribution in [2.75, 3.05) is 0 Å². The number of nitrogens with one attached hydrogen (secondary N) is 2. The number of hydrogen-bond donors (Lipinski definition) is 2. The highest BCUT2D eigenvalue weighted by atomic mass is 19.1. The van der Waals surface area contributed by atoms with Gasteiger partial charge in [-0.1, -0.05) is 30.3 Å². The average Bonchev–Trinajstić information content (AvgIpc) is 2.88. The van der Waals surface area contributed by atoms with E-state index in [1.54, 1.807) is 18.2 Å². The lowest BCUT2D eigenvalue weighted by molar-refractivity contribution is -0.122. The maximum absolute atomic E-state index is 13.6. The summed E-state index contributed by atoms with van der Waals surface area (Å²) in [6.07, 6.45) is 0. The first-order valence-electron chi connectivity index (χ1n) is 6.16. The fraction of sp³-hybridized carbons (Fsp3) is 0.0667. The maximum Gasteiger partial charge on any atom is 0.322 e. The number of amides is 3. The van der Waals surface area contributed by atoms with Crippen molar-refractivity contribution in [2.45, 2.75) is 5.54 Å². The fourth-order valence-electron chi connectivity index (χ4n) is 3.09. The Morgan fingerprint density at radius 1 is 0.950 bits per heavy atom. The molecule has 2 aromatic carbocycles. The van der Waals surface area contributed by atoms with Crippen LogP contribution in [0.2, 0.25) is 0 Å². The third-order valence-electron chi connectivity index (χ3n) is 3.88. The normalized spacial score (nSPS) is 22.4. The monoisotopic (exact) mass is 268 g/mol. The zero-order valence-electron chi connectivity index (χ0n) is 10.2. The van der Waals surface area contributed by atoms with Gasteiger partial charge in [-0.15, -0.1) is 0 Å². The predicted octanol–water partition coefficient (Wildman–Crippen LogP) is 1.89. The van der Waals surface area contributed by atoms with Gasteiger partial charge in [-0.2, -0.15) is 0 Å². The Morgan fingerprint density at radius 2 is 1.70 bits per heavy atom. The molecule has 3 amide bonds. The van der Waals surface area contributed by atoms with Gasteiger partial charge >= 0.3 is 6.03 Å². The molecule has 4 nitrogen and oxygen atoms in total. The maximum atomic E-state index is 13.6. The van der Waals surface area contributed by atoms with Gasteiger partial charge < -0.3 is 5.32 Å². The van der Waals surface area contributed by atoms with Crippen molar-refractivity contribution in [3.63, 3.8) is 0 Å². The molecular weight excluding hydrogens is 259 g/mol. The number of carbonyl (C=O) groups excluding carboxylic acids is 2. The van der Waals surface area contributed by atoms with E-state index in [1.165, 1.54) is 12.1 Å². The SMILES string of the molecule is O=C1NC(=O)[C@]2(N1)c1ccccc1-c1ccc(F)cc12. The Bertz CT molecular complexity index is 787. The Balaban J connectivity index is 2.12. The van der Waals surface area contributed by atoms with E-state index in [9.17, 15) is 14.0 Å². The summed E-state index contributed by atoms with van der Waals surface area (Å²) in [7, 11) is 0. The molecule has 98 valence electrons. The molecule has 0 unspecified atom stereocenters. The zero-order valence-corrected chi connectivity index (χ0v) is 10.2. The van der Waals surface area contributed by atoms with Crippen LogP contribution < -0.4 is 10.6 Å². The molecule has 0 bridgehead atoms. The highest BCUT2D eigenvalue weighted by molar-refractivity contribution is 6.13. The van der Waals surface area contributed by atoms with Gasteiger partial charge in [-0.25, -0.2) is 9.18 Å². The molecular formula is C15H9FN2O2. The van der Waals surface area contributed by atoms with Crippen LogP contribution in [0.25, 0.3) is 11.1 Å². The second-order valence-electron chi connectivity index (χ2n) is 4.89. The summed E-state index contributed by atoms with van der Waals surface area (Å²) in [5, 5.41) is 4.89. The molecule has 5 heteroatoms. The third kappa shape index (κ3) is 1.15. The Labute approximate surface area is 113 Å². The molecule has 1 fully saturated rings. The van der Waals surface area contributed by atoms with Crippen molar-refractivity contribution in [3.8, 4) is 11.1 Å². The second-order valence-corrected chi connectivity index (χ2v) is 4.89. The van der Waals surface area contributed by atoms with E-state index in [0.717, 1.165) is 11.1 Å². The van der Waals surface area contributed by atoms with E-state index in [1.807, 2.05) is 12.1 Å². The van der Waals surface area contributed by atoms with E-state index in [2.05, 4.69) is 10.6 Å². The van der Waals surface area contributed by atoms with Gasteiger partial charge in [0.25, 0.3) is 5.91 Å². The minimum atomic E-state index is -1.31. The molecule has 1 saturated heterocycles. The van der Waals surface area contributed by atoms with Crippen molar-refractivity contribution in [3.05, 3.63) is 59.4 Å². The van der Waals surface area contributed by atoms with Gasteiger partial charge in [0, 0.05) is 5.56 Å². The molecule has 1 heterocycles. The van der Waals surface area contributed by atoms with Gasteiger partial charge in [0.2, 0.25) is 0 Å². The molecule has 0 saturated carbocycles. The van der Waals surface area contributed by atoms with E-state index in [4.69, 9.17) is 0 Å². The quantitative estimate of drug-likeness (QED) is 0.717. The van der Waals surface area contributed by atoms with Crippen molar-refractivity contribution in [1.82, 2.24) is 10.6 Å². The van der Waals surface area contributed by atoms with E-state index in [-0.39, 0.29) is 0 Å². The van der Waals surface area contributed by atoms with Gasteiger partial charge in [-0.05, 0) is 28.8 Å². The van der Waals surface area contributed by atoms with Crippen molar-refractivity contribution in [2.24, 2.45) is 0 Å². The number of imide groups is 1. The summed E-state index contributed by atoms with van der Waals surface area (Å²) >= 11 is 0. The van der Waals surface area contributed by atoms with Crippen LogP contribution in [0.1, 0.15) is 11.1 Å². The summed E-state index contributed by atoms with van der Waals surface area (Å²) < 4.78 is 13.6. The summed E-state index contributed by atoms with van der Waals surface area (Å²) in [6.45, 7) is 0. The van der Waals surface area contributed by atoms with Crippen molar-refractivity contribution < 1.29 is 14.0 Å². The average molecular weight is 268 g/mol. The van der Waals surface area contributed by atoms with Crippen LogP contribution in [0.5, 0.6) is 0 Å². The van der Waals surface area contributed by atoms with Crippen LogP contribution in [0.4, 0.5) is 9.18 Å². The minimum absolute atomic E-state index is 0.440. The molecule has 2 aromatic rings. The summed E-state index contributed by atoms with van der Waals surface area (Å²) in [5.74, 6) is -0.913. The number of carbonyl (C=O) groups is 2. The Morgan fingerprint density at radius 3 is 2.45 bits per heavy atom. The number of hydrogen-bond acceptors (Lipinski definition) is 2. The highest BCUT2D eigenvalue weighted by Crippen LogP contribution is 2.48. The van der Waals surface area contributed by atoms with Crippen LogP contribution in [-0.2, 0) is 10.3 Å². The van der Waals surface area contributed by atoms with Crippen molar-refractivity contribution >= 4 is 11.9 Å². The molecule has 1 spiro atoms. The van der Waals surface area contributed by atoms with Gasteiger partial charge in [0.05, 0.1) is 0 Å². The number of halogens is 1. The first kappa shape index (κ1) is 11.2. The second kappa shape index (κ2) is 3.45. The van der Waals surface area contributed by atoms with Crippen LogP contribution in [-0.4, -0.2) is 11.9 Å². The number of rotatable bonds is 0. The molecule has 0 aromatic heterocycles. The smallest absolute Gasteiger partial charge is 0.316 e. The lowest BCUT2D eigenvalue weighted by Crippen LogP contribution is -2.43. The standard InChI is InChI=1S/C15H9FN2O2/c16-8-5-6-10-9-3-1-2-4-11(9)15(12(10)7-8)13(19)17-14(20)18-15/h1-7H,(H2,17,18,19,20)/t15-/m0/s1. The number of urea groups is 1. The van der Waals surface area contributed by atoms with E-state index >= 15 is 0 Å². The first-order chi connectivity index (χ1) is 9.63. The predicted molar refractivity (Wildman–Crippen MR) is 69.3 cm³/mol. The Kier molecular flexibility index (Phi) is 1.92. The van der Waals surface area contributed by atoms with Crippen LogP contribution in [0.3, 0.4) is 0 Å². The zero-order chi connectivity index (χ0) is 13.9. The van der Waals surface area contributed by atoms with E-state index in [0.29, 0.717) is 11.1 Å². The summed E-state index contributed by atoms with van der Waals surface area (Å²) in [4.78, 5) is 23.9. The molecule has 4 rings (SSSR count). The lowest BCUT2D eigenvalue weighted by atomic mass is 9.87.